The summed E-state index contributed by atoms with van der Waals surface area (Å²) in [5.74, 6) is -0.208. The van der Waals surface area contributed by atoms with Gasteiger partial charge in [-0.05, 0) is 61.2 Å². The topological polar surface area (TPSA) is 66.5 Å². The van der Waals surface area contributed by atoms with Gasteiger partial charge in [0.2, 0.25) is 10.0 Å². The number of nitrogens with zero attached hydrogens (tertiary/aromatic N) is 1. The predicted octanol–water partition coefficient (Wildman–Crippen LogP) is 4.79. The predicted molar refractivity (Wildman–Crippen MR) is 122 cm³/mol. The van der Waals surface area contributed by atoms with Crippen LogP contribution in [0.15, 0.2) is 82.6 Å². The van der Waals surface area contributed by atoms with E-state index in [2.05, 4.69) is 5.32 Å². The highest BCUT2D eigenvalue weighted by molar-refractivity contribution is 7.98. The molecule has 1 N–H and O–H groups in total. The fraction of sp³-hybridized carbons (Fsp3) is 0.174. The van der Waals surface area contributed by atoms with Crippen LogP contribution in [-0.4, -0.2) is 31.9 Å². The SMILES string of the molecule is CSc1cccc(NC(=O)c2ccc(CN(C)S(=O)(=O)c3ccc(C)cc3)cc2)c1. The minimum absolute atomic E-state index is 0.208. The Kier molecular flexibility index (Phi) is 6.97. The zero-order valence-electron chi connectivity index (χ0n) is 17.1. The van der Waals surface area contributed by atoms with Gasteiger partial charge in [-0.2, -0.15) is 4.31 Å². The van der Waals surface area contributed by atoms with Gasteiger partial charge >= 0.3 is 0 Å². The van der Waals surface area contributed by atoms with Gasteiger partial charge in [-0.3, -0.25) is 4.79 Å². The lowest BCUT2D eigenvalue weighted by atomic mass is 10.1. The Balaban J connectivity index is 1.67. The lowest BCUT2D eigenvalue weighted by molar-refractivity contribution is 0.102. The minimum atomic E-state index is -3.58. The summed E-state index contributed by atoms with van der Waals surface area (Å²) >= 11 is 1.61. The molecule has 0 saturated carbocycles. The Bertz CT molecular complexity index is 1130. The smallest absolute Gasteiger partial charge is 0.255 e. The van der Waals surface area contributed by atoms with Gasteiger partial charge in [0.25, 0.3) is 5.91 Å². The molecule has 7 heteroatoms. The molecule has 0 saturated heterocycles. The lowest BCUT2D eigenvalue weighted by Crippen LogP contribution is -2.26. The van der Waals surface area contributed by atoms with Gasteiger partial charge in [0.15, 0.2) is 0 Å². The molecule has 3 aromatic carbocycles. The van der Waals surface area contributed by atoms with Crippen molar-refractivity contribution in [2.45, 2.75) is 23.3 Å². The van der Waals surface area contributed by atoms with Crippen molar-refractivity contribution in [1.82, 2.24) is 4.31 Å². The quantitative estimate of drug-likeness (QED) is 0.537. The molecule has 0 atom stereocenters. The number of sulfonamides is 1. The molecule has 0 bridgehead atoms. The van der Waals surface area contributed by atoms with Crippen molar-refractivity contribution in [1.29, 1.82) is 0 Å². The van der Waals surface area contributed by atoms with Crippen LogP contribution in [0.3, 0.4) is 0 Å². The number of aryl methyl sites for hydroxylation is 1. The molecule has 3 rings (SSSR count). The first kappa shape index (κ1) is 22.1. The summed E-state index contributed by atoms with van der Waals surface area (Å²) in [4.78, 5) is 13.8. The first-order chi connectivity index (χ1) is 14.3. The molecule has 30 heavy (non-hydrogen) atoms. The van der Waals surface area contributed by atoms with Gasteiger partial charge in [-0.1, -0.05) is 35.9 Å². The van der Waals surface area contributed by atoms with Crippen LogP contribution < -0.4 is 5.32 Å². The lowest BCUT2D eigenvalue weighted by Gasteiger charge is -2.17. The highest BCUT2D eigenvalue weighted by Crippen LogP contribution is 2.20. The number of benzene rings is 3. The van der Waals surface area contributed by atoms with Crippen LogP contribution in [0.5, 0.6) is 0 Å². The van der Waals surface area contributed by atoms with Crippen LogP contribution in [0.4, 0.5) is 5.69 Å². The summed E-state index contributed by atoms with van der Waals surface area (Å²) < 4.78 is 26.8. The number of hydrogen-bond donors (Lipinski definition) is 1. The average Bonchev–Trinajstić information content (AvgIpc) is 2.74. The van der Waals surface area contributed by atoms with Crippen LogP contribution in [0.2, 0.25) is 0 Å². The Morgan fingerprint density at radius 2 is 1.67 bits per heavy atom. The van der Waals surface area contributed by atoms with Crippen LogP contribution in [-0.2, 0) is 16.6 Å². The molecule has 156 valence electrons. The third-order valence-electron chi connectivity index (χ3n) is 4.68. The van der Waals surface area contributed by atoms with Crippen molar-refractivity contribution in [3.8, 4) is 0 Å². The first-order valence-electron chi connectivity index (χ1n) is 9.37. The summed E-state index contributed by atoms with van der Waals surface area (Å²) in [6.07, 6.45) is 1.98. The standard InChI is InChI=1S/C23H24N2O3S2/c1-17-7-13-22(14-8-17)30(27,28)25(2)16-18-9-11-19(12-10-18)23(26)24-20-5-4-6-21(15-20)29-3/h4-15H,16H2,1-3H3,(H,24,26). The van der Waals surface area contributed by atoms with E-state index in [-0.39, 0.29) is 17.3 Å². The zero-order chi connectivity index (χ0) is 21.7. The number of anilines is 1. The third kappa shape index (κ3) is 5.30. The Labute approximate surface area is 182 Å². The minimum Gasteiger partial charge on any atom is -0.322 e. The Hall–Kier alpha value is -2.61. The van der Waals surface area contributed by atoms with Gasteiger partial charge in [0.05, 0.1) is 4.90 Å². The van der Waals surface area contributed by atoms with E-state index < -0.39 is 10.0 Å². The van der Waals surface area contributed by atoms with Gasteiger partial charge < -0.3 is 5.32 Å². The highest BCUT2D eigenvalue weighted by Gasteiger charge is 2.20. The summed E-state index contributed by atoms with van der Waals surface area (Å²) in [5, 5.41) is 2.88. The van der Waals surface area contributed by atoms with E-state index >= 15 is 0 Å². The molecule has 3 aromatic rings. The van der Waals surface area contributed by atoms with E-state index in [1.165, 1.54) is 4.31 Å². The molecule has 5 nitrogen and oxygen atoms in total. The van der Waals surface area contributed by atoms with Crippen molar-refractivity contribution < 1.29 is 13.2 Å². The van der Waals surface area contributed by atoms with Gasteiger partial charge in [-0.15, -0.1) is 11.8 Å². The normalized spacial score (nSPS) is 11.5. The maximum Gasteiger partial charge on any atom is 0.255 e. The van der Waals surface area contributed by atoms with Crippen molar-refractivity contribution in [3.63, 3.8) is 0 Å². The third-order valence-corrected chi connectivity index (χ3v) is 7.22. The molecule has 0 heterocycles. The molecule has 0 radical (unpaired) electrons. The molecule has 0 aliphatic heterocycles. The average molecular weight is 441 g/mol. The second-order valence-electron chi connectivity index (χ2n) is 6.96. The summed E-state index contributed by atoms with van der Waals surface area (Å²) in [5.41, 5.74) is 3.05. The molecule has 0 aliphatic rings. The van der Waals surface area contributed by atoms with Crippen molar-refractivity contribution >= 4 is 33.4 Å². The van der Waals surface area contributed by atoms with Crippen molar-refractivity contribution in [2.24, 2.45) is 0 Å². The van der Waals surface area contributed by atoms with E-state index in [4.69, 9.17) is 0 Å². The molecule has 0 aliphatic carbocycles. The number of amides is 1. The first-order valence-corrected chi connectivity index (χ1v) is 12.0. The van der Waals surface area contributed by atoms with Crippen molar-refractivity contribution in [3.05, 3.63) is 89.5 Å². The number of carbonyl (C=O) groups excluding carboxylic acids is 1. The molecule has 0 fully saturated rings. The Morgan fingerprint density at radius 3 is 2.30 bits per heavy atom. The van der Waals surface area contributed by atoms with Gasteiger partial charge in [0, 0.05) is 29.7 Å². The molecular weight excluding hydrogens is 416 g/mol. The second kappa shape index (κ2) is 9.47. The molecular formula is C23H24N2O3S2. The fourth-order valence-corrected chi connectivity index (χ4v) is 4.52. The van der Waals surface area contributed by atoms with Crippen LogP contribution in [0.1, 0.15) is 21.5 Å². The number of carbonyl (C=O) groups is 1. The van der Waals surface area contributed by atoms with E-state index in [0.717, 1.165) is 21.7 Å². The molecule has 0 unspecified atom stereocenters. The highest BCUT2D eigenvalue weighted by atomic mass is 32.2. The van der Waals surface area contributed by atoms with E-state index in [1.807, 2.05) is 37.4 Å². The summed E-state index contributed by atoms with van der Waals surface area (Å²) in [6, 6.07) is 21.4. The Morgan fingerprint density at radius 1 is 1.00 bits per heavy atom. The molecule has 1 amide bonds. The monoisotopic (exact) mass is 440 g/mol. The summed E-state index contributed by atoms with van der Waals surface area (Å²) in [6.45, 7) is 2.13. The fourth-order valence-electron chi connectivity index (χ4n) is 2.90. The number of thioether (sulfide) groups is 1. The van der Waals surface area contributed by atoms with E-state index in [0.29, 0.717) is 5.56 Å². The van der Waals surface area contributed by atoms with Gasteiger partial charge in [0.1, 0.15) is 0 Å². The zero-order valence-corrected chi connectivity index (χ0v) is 18.8. The van der Waals surface area contributed by atoms with E-state index in [1.54, 1.807) is 67.3 Å². The second-order valence-corrected chi connectivity index (χ2v) is 9.88. The number of nitrogens with one attached hydrogen (secondary N) is 1. The maximum absolute atomic E-state index is 12.7. The maximum atomic E-state index is 12.7. The van der Waals surface area contributed by atoms with Crippen molar-refractivity contribution in [2.75, 3.05) is 18.6 Å². The van der Waals surface area contributed by atoms with E-state index in [9.17, 15) is 13.2 Å². The number of hydrogen-bond acceptors (Lipinski definition) is 4. The van der Waals surface area contributed by atoms with Crippen LogP contribution in [0, 0.1) is 6.92 Å². The molecule has 0 aromatic heterocycles. The van der Waals surface area contributed by atoms with Crippen LogP contribution >= 0.6 is 11.8 Å². The van der Waals surface area contributed by atoms with Gasteiger partial charge in [-0.25, -0.2) is 8.42 Å². The number of rotatable bonds is 7. The molecule has 0 spiro atoms. The summed E-state index contributed by atoms with van der Waals surface area (Å²) in [7, 11) is -2.03. The largest absolute Gasteiger partial charge is 0.322 e. The van der Waals surface area contributed by atoms with Crippen LogP contribution in [0.25, 0.3) is 0 Å².